The lowest BCUT2D eigenvalue weighted by atomic mass is 9.94. The van der Waals surface area contributed by atoms with Crippen LogP contribution in [0.5, 0.6) is 0 Å². The normalized spacial score (nSPS) is 24.3. The van der Waals surface area contributed by atoms with E-state index in [2.05, 4.69) is 10.3 Å². The van der Waals surface area contributed by atoms with Crippen molar-refractivity contribution >= 4 is 28.4 Å². The van der Waals surface area contributed by atoms with Gasteiger partial charge in [0.05, 0.1) is 34.4 Å². The molecule has 170 valence electrons. The fourth-order valence-electron chi connectivity index (χ4n) is 3.63. The molecule has 1 aliphatic heterocycles. The summed E-state index contributed by atoms with van der Waals surface area (Å²) in [6, 6.07) is 3.85. The number of nitrogen functional groups attached to an aromatic ring is 1. The SMILES string of the molecule is Nc1ccc(NCCc2csc(CCN3C[C@H](O)[C@@H](O)[C@H](O)[C@H]3CO)n2)c([N+](=O)[O-])c1. The molecule has 0 amide bonds. The van der Waals surface area contributed by atoms with Crippen LogP contribution in [0.3, 0.4) is 0 Å². The van der Waals surface area contributed by atoms with Crippen molar-refractivity contribution in [2.45, 2.75) is 37.2 Å². The maximum absolute atomic E-state index is 11.2. The summed E-state index contributed by atoms with van der Waals surface area (Å²) >= 11 is 1.48. The number of benzene rings is 1. The van der Waals surface area contributed by atoms with Crippen LogP contribution in [0.2, 0.25) is 0 Å². The lowest BCUT2D eigenvalue weighted by Gasteiger charge is -2.43. The van der Waals surface area contributed by atoms with Gasteiger partial charge in [-0.1, -0.05) is 0 Å². The van der Waals surface area contributed by atoms with Crippen molar-refractivity contribution in [2.75, 3.05) is 37.3 Å². The molecular formula is C19H27N5O6S. The summed E-state index contributed by atoms with van der Waals surface area (Å²) in [5.74, 6) is 0. The summed E-state index contributed by atoms with van der Waals surface area (Å²) in [4.78, 5) is 17.0. The Labute approximate surface area is 182 Å². The van der Waals surface area contributed by atoms with E-state index in [-0.39, 0.29) is 18.8 Å². The fraction of sp³-hybridized carbons (Fsp3) is 0.526. The van der Waals surface area contributed by atoms with E-state index in [4.69, 9.17) is 5.73 Å². The highest BCUT2D eigenvalue weighted by Crippen LogP contribution is 2.26. The number of likely N-dealkylation sites (tertiary alicyclic amines) is 1. The second-order valence-corrected chi connectivity index (χ2v) is 8.43. The minimum absolute atomic E-state index is 0.0755. The molecule has 1 saturated heterocycles. The predicted octanol–water partition coefficient (Wildman–Crippen LogP) is -0.410. The lowest BCUT2D eigenvalue weighted by Crippen LogP contribution is -2.62. The Hall–Kier alpha value is -2.35. The number of aliphatic hydroxyl groups is 4. The second kappa shape index (κ2) is 10.3. The minimum Gasteiger partial charge on any atom is -0.399 e. The van der Waals surface area contributed by atoms with Gasteiger partial charge in [0.25, 0.3) is 5.69 Å². The van der Waals surface area contributed by atoms with Crippen LogP contribution in [0.15, 0.2) is 23.6 Å². The Kier molecular flexibility index (Phi) is 7.75. The summed E-state index contributed by atoms with van der Waals surface area (Å²) < 4.78 is 0. The Morgan fingerprint density at radius 3 is 2.77 bits per heavy atom. The highest BCUT2D eigenvalue weighted by Gasteiger charge is 2.40. The number of anilines is 2. The van der Waals surface area contributed by atoms with E-state index in [1.54, 1.807) is 17.0 Å². The topological polar surface area (TPSA) is 178 Å². The van der Waals surface area contributed by atoms with Crippen LogP contribution in [0.1, 0.15) is 10.7 Å². The third-order valence-corrected chi connectivity index (χ3v) is 6.30. The van der Waals surface area contributed by atoms with Crippen LogP contribution in [-0.4, -0.2) is 85.8 Å². The molecule has 0 radical (unpaired) electrons. The highest BCUT2D eigenvalue weighted by molar-refractivity contribution is 7.09. The van der Waals surface area contributed by atoms with Crippen molar-refractivity contribution in [3.63, 3.8) is 0 Å². The van der Waals surface area contributed by atoms with Gasteiger partial charge in [0.1, 0.15) is 17.9 Å². The van der Waals surface area contributed by atoms with E-state index < -0.39 is 29.3 Å². The van der Waals surface area contributed by atoms with Crippen molar-refractivity contribution < 1.29 is 25.3 Å². The van der Waals surface area contributed by atoms with E-state index in [1.807, 2.05) is 5.38 Å². The van der Waals surface area contributed by atoms with E-state index >= 15 is 0 Å². The molecule has 31 heavy (non-hydrogen) atoms. The third-order valence-electron chi connectivity index (χ3n) is 5.34. The van der Waals surface area contributed by atoms with Crippen molar-refractivity contribution in [1.82, 2.24) is 9.88 Å². The van der Waals surface area contributed by atoms with Crippen molar-refractivity contribution in [1.29, 1.82) is 0 Å². The minimum atomic E-state index is -1.27. The van der Waals surface area contributed by atoms with Gasteiger partial charge in [0.2, 0.25) is 0 Å². The van der Waals surface area contributed by atoms with Crippen LogP contribution >= 0.6 is 11.3 Å². The van der Waals surface area contributed by atoms with Gasteiger partial charge in [-0.15, -0.1) is 11.3 Å². The van der Waals surface area contributed by atoms with Gasteiger partial charge in [-0.25, -0.2) is 4.98 Å². The number of hydrogen-bond donors (Lipinski definition) is 6. The van der Waals surface area contributed by atoms with Crippen molar-refractivity contribution in [2.24, 2.45) is 0 Å². The zero-order chi connectivity index (χ0) is 22.5. The number of hydrogen-bond acceptors (Lipinski definition) is 11. The van der Waals surface area contributed by atoms with Gasteiger partial charge in [0.15, 0.2) is 0 Å². The van der Waals surface area contributed by atoms with E-state index in [0.717, 1.165) is 10.7 Å². The maximum Gasteiger partial charge on any atom is 0.294 e. The first-order chi connectivity index (χ1) is 14.8. The molecule has 0 aliphatic carbocycles. The molecule has 2 heterocycles. The Morgan fingerprint density at radius 2 is 2.06 bits per heavy atom. The number of piperidine rings is 1. The number of nitro groups is 1. The average Bonchev–Trinajstić information content (AvgIpc) is 3.19. The van der Waals surface area contributed by atoms with Gasteiger partial charge in [0, 0.05) is 49.6 Å². The second-order valence-electron chi connectivity index (χ2n) is 7.49. The first kappa shape index (κ1) is 23.3. The molecule has 3 rings (SSSR count). The first-order valence-electron chi connectivity index (χ1n) is 9.90. The maximum atomic E-state index is 11.2. The smallest absolute Gasteiger partial charge is 0.294 e. The Bertz CT molecular complexity index is 896. The average molecular weight is 454 g/mol. The fourth-order valence-corrected chi connectivity index (χ4v) is 4.45. The monoisotopic (exact) mass is 453 g/mol. The highest BCUT2D eigenvalue weighted by atomic mass is 32.1. The number of aromatic nitrogens is 1. The molecule has 0 saturated carbocycles. The summed E-state index contributed by atoms with van der Waals surface area (Å²) in [7, 11) is 0. The van der Waals surface area contributed by atoms with E-state index in [1.165, 1.54) is 17.4 Å². The molecule has 11 nitrogen and oxygen atoms in total. The van der Waals surface area contributed by atoms with Crippen LogP contribution in [-0.2, 0) is 12.8 Å². The summed E-state index contributed by atoms with van der Waals surface area (Å²) in [6.45, 7) is 0.765. The molecule has 2 aromatic rings. The molecule has 1 aromatic carbocycles. The number of nitrogens with zero attached hydrogens (tertiary/aromatic N) is 3. The molecule has 0 bridgehead atoms. The molecular weight excluding hydrogens is 426 g/mol. The molecule has 1 aromatic heterocycles. The Morgan fingerprint density at radius 1 is 1.29 bits per heavy atom. The van der Waals surface area contributed by atoms with Gasteiger partial charge < -0.3 is 31.5 Å². The number of aliphatic hydroxyl groups excluding tert-OH is 4. The molecule has 1 aliphatic rings. The van der Waals surface area contributed by atoms with Gasteiger partial charge >= 0.3 is 0 Å². The molecule has 1 fully saturated rings. The number of thiazole rings is 1. The number of rotatable bonds is 9. The van der Waals surface area contributed by atoms with Crippen molar-refractivity contribution in [3.8, 4) is 0 Å². The van der Waals surface area contributed by atoms with Gasteiger partial charge in [-0.2, -0.15) is 0 Å². The number of nitro benzene ring substituents is 1. The van der Waals surface area contributed by atoms with Crippen LogP contribution in [0, 0.1) is 10.1 Å². The standard InChI is InChI=1S/C19H27N5O6S/c20-11-1-2-13(14(7-11)24(29)30)21-5-3-12-10-31-17(22-12)4-6-23-8-16(26)19(28)18(27)15(23)9-25/h1-2,7,10,15-16,18-19,21,25-28H,3-6,8-9,20H2/t15-,16+,18-,19-/m1/s1. The predicted molar refractivity (Wildman–Crippen MR) is 116 cm³/mol. The molecule has 0 unspecified atom stereocenters. The van der Waals surface area contributed by atoms with Crippen LogP contribution in [0.4, 0.5) is 17.1 Å². The first-order valence-corrected chi connectivity index (χ1v) is 10.8. The number of nitrogens with one attached hydrogen (secondary N) is 1. The quantitative estimate of drug-likeness (QED) is 0.166. The van der Waals surface area contributed by atoms with Crippen LogP contribution in [0.25, 0.3) is 0 Å². The Balaban J connectivity index is 1.51. The summed E-state index contributed by atoms with van der Waals surface area (Å²) in [5.41, 5.74) is 7.11. The molecule has 4 atom stereocenters. The number of nitrogens with two attached hydrogens (primary N) is 1. The van der Waals surface area contributed by atoms with Crippen molar-refractivity contribution in [3.05, 3.63) is 44.4 Å². The molecule has 7 N–H and O–H groups in total. The largest absolute Gasteiger partial charge is 0.399 e. The zero-order valence-corrected chi connectivity index (χ0v) is 17.6. The number of β-amino-alcohol motifs (C(OH)–C–C–N with tert-alkyl or cyclic N) is 1. The van der Waals surface area contributed by atoms with E-state index in [9.17, 15) is 30.5 Å². The summed E-state index contributed by atoms with van der Waals surface area (Å²) in [6.07, 6.45) is -2.43. The molecule has 12 heteroatoms. The van der Waals surface area contributed by atoms with Crippen LogP contribution < -0.4 is 11.1 Å². The van der Waals surface area contributed by atoms with E-state index in [0.29, 0.717) is 37.3 Å². The van der Waals surface area contributed by atoms with Gasteiger partial charge in [-0.3, -0.25) is 15.0 Å². The zero-order valence-electron chi connectivity index (χ0n) is 16.8. The molecule has 0 spiro atoms. The summed E-state index contributed by atoms with van der Waals surface area (Å²) in [5, 5.41) is 56.2. The van der Waals surface area contributed by atoms with Gasteiger partial charge in [-0.05, 0) is 12.1 Å². The third kappa shape index (κ3) is 5.67. The lowest BCUT2D eigenvalue weighted by molar-refractivity contribution is -0.383.